The highest BCUT2D eigenvalue weighted by molar-refractivity contribution is 9.10. The molecule has 4 heteroatoms. The molecule has 0 aliphatic heterocycles. The maximum absolute atomic E-state index is 13.5. The van der Waals surface area contributed by atoms with Crippen molar-refractivity contribution in [3.8, 4) is 0 Å². The van der Waals surface area contributed by atoms with Gasteiger partial charge in [0.05, 0.1) is 5.92 Å². The molecular weight excluding hydrogens is 263 g/mol. The molecule has 0 aliphatic rings. The monoisotopic (exact) mass is 274 g/mol. The van der Waals surface area contributed by atoms with Crippen molar-refractivity contribution in [3.05, 3.63) is 33.5 Å². The van der Waals surface area contributed by atoms with Crippen LogP contribution in [0.25, 0.3) is 0 Å². The third kappa shape index (κ3) is 2.37. The fourth-order valence-corrected chi connectivity index (χ4v) is 1.94. The van der Waals surface area contributed by atoms with Crippen LogP contribution in [0.2, 0.25) is 0 Å². The Labute approximate surface area is 96.2 Å². The van der Waals surface area contributed by atoms with Gasteiger partial charge in [0, 0.05) is 10.0 Å². The summed E-state index contributed by atoms with van der Waals surface area (Å²) in [4.78, 5) is 11.0. The van der Waals surface area contributed by atoms with Crippen LogP contribution < -0.4 is 0 Å². The highest BCUT2D eigenvalue weighted by atomic mass is 79.9. The number of carboxylic acid groups (broad SMARTS) is 1. The van der Waals surface area contributed by atoms with E-state index in [2.05, 4.69) is 15.9 Å². The second-order valence-electron chi connectivity index (χ2n) is 3.37. The number of benzene rings is 1. The molecular formula is C11H12BrFO2. The highest BCUT2D eigenvalue weighted by Gasteiger charge is 2.23. The number of rotatable bonds is 3. The predicted molar refractivity (Wildman–Crippen MR) is 59.5 cm³/mol. The van der Waals surface area contributed by atoms with Crippen LogP contribution in [0.4, 0.5) is 4.39 Å². The van der Waals surface area contributed by atoms with Gasteiger partial charge in [0.15, 0.2) is 0 Å². The minimum absolute atomic E-state index is 0.277. The van der Waals surface area contributed by atoms with E-state index in [0.717, 1.165) is 4.47 Å². The van der Waals surface area contributed by atoms with E-state index in [-0.39, 0.29) is 5.56 Å². The minimum atomic E-state index is -0.988. The number of halogens is 2. The Morgan fingerprint density at radius 2 is 2.20 bits per heavy atom. The molecule has 1 N–H and O–H groups in total. The molecule has 0 heterocycles. The van der Waals surface area contributed by atoms with Gasteiger partial charge >= 0.3 is 5.97 Å². The summed E-state index contributed by atoms with van der Waals surface area (Å²) >= 11 is 3.27. The fraction of sp³-hybridized carbons (Fsp3) is 0.364. The first-order valence-corrected chi connectivity index (χ1v) is 5.45. The Bertz CT molecular complexity index is 390. The first-order valence-electron chi connectivity index (χ1n) is 4.66. The van der Waals surface area contributed by atoms with Gasteiger partial charge in [0.1, 0.15) is 5.82 Å². The SMILES string of the molecule is CCC(C(=O)O)c1c(F)ccc(Br)c1C. The Kier molecular flexibility index (Phi) is 3.85. The van der Waals surface area contributed by atoms with Crippen LogP contribution in [0.5, 0.6) is 0 Å². The maximum Gasteiger partial charge on any atom is 0.311 e. The molecule has 0 aliphatic carbocycles. The van der Waals surface area contributed by atoms with Gasteiger partial charge in [0.2, 0.25) is 0 Å². The second-order valence-corrected chi connectivity index (χ2v) is 4.22. The average Bonchev–Trinajstić information content (AvgIpc) is 2.18. The summed E-state index contributed by atoms with van der Waals surface area (Å²) in [6, 6.07) is 2.88. The number of hydrogen-bond donors (Lipinski definition) is 1. The van der Waals surface area contributed by atoms with Crippen LogP contribution in [0.3, 0.4) is 0 Å². The smallest absolute Gasteiger partial charge is 0.311 e. The molecule has 1 aromatic carbocycles. The molecule has 0 amide bonds. The Morgan fingerprint density at radius 1 is 1.60 bits per heavy atom. The van der Waals surface area contributed by atoms with Gasteiger partial charge in [-0.25, -0.2) is 4.39 Å². The van der Waals surface area contributed by atoms with Crippen LogP contribution in [-0.4, -0.2) is 11.1 Å². The van der Waals surface area contributed by atoms with Gasteiger partial charge in [-0.05, 0) is 31.0 Å². The van der Waals surface area contributed by atoms with Crippen molar-refractivity contribution in [1.29, 1.82) is 0 Å². The molecule has 82 valence electrons. The predicted octanol–water partition coefficient (Wildman–Crippen LogP) is 3.47. The zero-order valence-corrected chi connectivity index (χ0v) is 10.1. The first-order chi connectivity index (χ1) is 6.99. The Hall–Kier alpha value is -0.900. The molecule has 0 saturated carbocycles. The van der Waals surface area contributed by atoms with Crippen molar-refractivity contribution in [2.75, 3.05) is 0 Å². The first kappa shape index (κ1) is 12.2. The molecule has 0 radical (unpaired) electrons. The molecule has 2 nitrogen and oxygen atoms in total. The molecule has 1 atom stereocenters. The zero-order chi connectivity index (χ0) is 11.6. The second kappa shape index (κ2) is 4.75. The van der Waals surface area contributed by atoms with E-state index in [0.29, 0.717) is 12.0 Å². The van der Waals surface area contributed by atoms with Gasteiger partial charge < -0.3 is 5.11 Å². The Morgan fingerprint density at radius 3 is 2.67 bits per heavy atom. The summed E-state index contributed by atoms with van der Waals surface area (Å²) in [6.07, 6.45) is 0.379. The summed E-state index contributed by atoms with van der Waals surface area (Å²) < 4.78 is 14.3. The molecule has 0 bridgehead atoms. The van der Waals surface area contributed by atoms with Gasteiger partial charge in [-0.2, -0.15) is 0 Å². The maximum atomic E-state index is 13.5. The Balaban J connectivity index is 3.34. The average molecular weight is 275 g/mol. The molecule has 15 heavy (non-hydrogen) atoms. The van der Waals surface area contributed by atoms with Crippen LogP contribution in [0.15, 0.2) is 16.6 Å². The van der Waals surface area contributed by atoms with E-state index < -0.39 is 17.7 Å². The summed E-state index contributed by atoms with van der Waals surface area (Å²) in [5.74, 6) is -2.22. The summed E-state index contributed by atoms with van der Waals surface area (Å²) in [7, 11) is 0. The standard InChI is InChI=1S/C11H12BrFO2/c1-3-7(11(14)15)10-6(2)8(12)4-5-9(10)13/h4-5,7H,3H2,1-2H3,(H,14,15). The third-order valence-corrected chi connectivity index (χ3v) is 3.31. The van der Waals surface area contributed by atoms with E-state index in [4.69, 9.17) is 5.11 Å². The molecule has 0 spiro atoms. The van der Waals surface area contributed by atoms with Crippen LogP contribution in [-0.2, 0) is 4.79 Å². The molecule has 1 aromatic rings. The van der Waals surface area contributed by atoms with Crippen molar-refractivity contribution >= 4 is 21.9 Å². The van der Waals surface area contributed by atoms with Crippen LogP contribution in [0, 0.1) is 12.7 Å². The molecule has 0 fully saturated rings. The van der Waals surface area contributed by atoms with E-state index in [9.17, 15) is 9.18 Å². The van der Waals surface area contributed by atoms with Crippen molar-refractivity contribution in [2.24, 2.45) is 0 Å². The fourth-order valence-electron chi connectivity index (χ4n) is 1.60. The number of carboxylic acids is 1. The van der Waals surface area contributed by atoms with E-state index in [1.807, 2.05) is 0 Å². The molecule has 0 saturated heterocycles. The van der Waals surface area contributed by atoms with Crippen molar-refractivity contribution in [1.82, 2.24) is 0 Å². The summed E-state index contributed by atoms with van der Waals surface area (Å²) in [5.41, 5.74) is 0.934. The lowest BCUT2D eigenvalue weighted by Gasteiger charge is -2.15. The van der Waals surface area contributed by atoms with E-state index >= 15 is 0 Å². The zero-order valence-electron chi connectivity index (χ0n) is 8.55. The summed E-state index contributed by atoms with van der Waals surface area (Å²) in [5, 5.41) is 8.98. The largest absolute Gasteiger partial charge is 0.481 e. The van der Waals surface area contributed by atoms with Crippen molar-refractivity contribution in [2.45, 2.75) is 26.2 Å². The topological polar surface area (TPSA) is 37.3 Å². The quantitative estimate of drug-likeness (QED) is 0.917. The molecule has 1 unspecified atom stereocenters. The number of aliphatic carboxylic acids is 1. The van der Waals surface area contributed by atoms with Gasteiger partial charge in [0.25, 0.3) is 0 Å². The highest BCUT2D eigenvalue weighted by Crippen LogP contribution is 2.30. The van der Waals surface area contributed by atoms with Gasteiger partial charge in [-0.3, -0.25) is 4.79 Å². The lowest BCUT2D eigenvalue weighted by Crippen LogP contribution is -2.14. The minimum Gasteiger partial charge on any atom is -0.481 e. The van der Waals surface area contributed by atoms with Crippen LogP contribution >= 0.6 is 15.9 Å². The van der Waals surface area contributed by atoms with Crippen molar-refractivity contribution < 1.29 is 14.3 Å². The lowest BCUT2D eigenvalue weighted by atomic mass is 9.92. The normalized spacial score (nSPS) is 12.5. The summed E-state index contributed by atoms with van der Waals surface area (Å²) in [6.45, 7) is 3.45. The van der Waals surface area contributed by atoms with Crippen molar-refractivity contribution in [3.63, 3.8) is 0 Å². The van der Waals surface area contributed by atoms with Gasteiger partial charge in [-0.1, -0.05) is 22.9 Å². The molecule has 0 aromatic heterocycles. The molecule has 1 rings (SSSR count). The third-order valence-electron chi connectivity index (χ3n) is 2.45. The van der Waals surface area contributed by atoms with Crippen LogP contribution in [0.1, 0.15) is 30.4 Å². The van der Waals surface area contributed by atoms with E-state index in [1.165, 1.54) is 6.07 Å². The van der Waals surface area contributed by atoms with E-state index in [1.54, 1.807) is 19.9 Å². The lowest BCUT2D eigenvalue weighted by molar-refractivity contribution is -0.138. The van der Waals surface area contributed by atoms with Gasteiger partial charge in [-0.15, -0.1) is 0 Å². The number of carbonyl (C=O) groups is 1. The number of hydrogen-bond acceptors (Lipinski definition) is 1.